The summed E-state index contributed by atoms with van der Waals surface area (Å²) >= 11 is 0. The highest BCUT2D eigenvalue weighted by atomic mass is 19.1. The van der Waals surface area contributed by atoms with Crippen molar-refractivity contribution >= 4 is 28.6 Å². The zero-order chi connectivity index (χ0) is 26.1. The van der Waals surface area contributed by atoms with E-state index in [9.17, 15) is 23.9 Å². The van der Waals surface area contributed by atoms with Gasteiger partial charge in [-0.1, -0.05) is 18.9 Å². The standard InChI is InChI=1S/C25H28FN7O4/c26-16-10-20(25(37)30-18-3-1-2-4-21(18)34)32(12-16)22(35)13-33-19-6-5-14(15-7-8-28-29-11-15)9-17(19)23(31-33)24(27)36/h5-9,11,16,18,20-21,34H,1-4,10,12-13H2,(H2,27,36)(H,30,37)/t16-,18+,20?,21+/m1/s1. The number of nitrogens with zero attached hydrogens (tertiary/aromatic N) is 5. The van der Waals surface area contributed by atoms with Gasteiger partial charge in [0.05, 0.1) is 36.6 Å². The van der Waals surface area contributed by atoms with Crippen molar-refractivity contribution in [2.45, 2.75) is 63.0 Å². The van der Waals surface area contributed by atoms with Gasteiger partial charge in [0.2, 0.25) is 11.8 Å². The molecule has 1 saturated heterocycles. The first-order valence-electron chi connectivity index (χ1n) is 12.3. The van der Waals surface area contributed by atoms with Crippen LogP contribution >= 0.6 is 0 Å². The molecule has 4 N–H and O–H groups in total. The molecule has 5 rings (SSSR count). The molecular weight excluding hydrogens is 481 g/mol. The average molecular weight is 510 g/mol. The van der Waals surface area contributed by atoms with Crippen LogP contribution in [-0.4, -0.2) is 78.6 Å². The van der Waals surface area contributed by atoms with Crippen molar-refractivity contribution < 1.29 is 23.9 Å². The van der Waals surface area contributed by atoms with Gasteiger partial charge in [0.1, 0.15) is 18.8 Å². The monoisotopic (exact) mass is 509 g/mol. The summed E-state index contributed by atoms with van der Waals surface area (Å²) < 4.78 is 15.7. The molecule has 1 aromatic carbocycles. The summed E-state index contributed by atoms with van der Waals surface area (Å²) in [4.78, 5) is 39.6. The summed E-state index contributed by atoms with van der Waals surface area (Å²) in [5.41, 5.74) is 7.59. The molecule has 4 atom stereocenters. The van der Waals surface area contributed by atoms with Crippen LogP contribution in [0.15, 0.2) is 36.7 Å². The first kappa shape index (κ1) is 24.8. The van der Waals surface area contributed by atoms with E-state index in [2.05, 4.69) is 20.6 Å². The number of primary amides is 1. The molecule has 0 radical (unpaired) electrons. The fourth-order valence-corrected chi connectivity index (χ4v) is 5.21. The normalized spacial score (nSPS) is 23.8. The van der Waals surface area contributed by atoms with Crippen molar-refractivity contribution in [1.29, 1.82) is 0 Å². The molecule has 1 aliphatic heterocycles. The van der Waals surface area contributed by atoms with E-state index in [1.807, 2.05) is 0 Å². The molecule has 12 heteroatoms. The van der Waals surface area contributed by atoms with Gasteiger partial charge in [0.25, 0.3) is 5.91 Å². The number of aliphatic hydroxyl groups is 1. The smallest absolute Gasteiger partial charge is 0.269 e. The molecule has 2 fully saturated rings. The van der Waals surface area contributed by atoms with E-state index in [-0.39, 0.29) is 25.2 Å². The van der Waals surface area contributed by atoms with E-state index >= 15 is 0 Å². The van der Waals surface area contributed by atoms with E-state index in [1.165, 1.54) is 9.58 Å². The molecular formula is C25H28FN7O4. The van der Waals surface area contributed by atoms with Crippen LogP contribution < -0.4 is 11.1 Å². The number of likely N-dealkylation sites (tertiary alicyclic amines) is 1. The molecule has 0 spiro atoms. The van der Waals surface area contributed by atoms with E-state index in [1.54, 1.807) is 36.7 Å². The highest BCUT2D eigenvalue weighted by molar-refractivity contribution is 6.05. The lowest BCUT2D eigenvalue weighted by Gasteiger charge is -2.31. The number of aromatic nitrogens is 4. The SMILES string of the molecule is NC(=O)c1nn(CC(=O)N2C[C@H](F)CC2C(=O)N[C@H]2CCCC[C@@H]2O)c2ccc(-c3ccnnc3)cc12. The van der Waals surface area contributed by atoms with Gasteiger partial charge >= 0.3 is 0 Å². The van der Waals surface area contributed by atoms with Crippen LogP contribution in [0.3, 0.4) is 0 Å². The number of benzene rings is 1. The Hall–Kier alpha value is -3.93. The minimum absolute atomic E-state index is 0.00275. The predicted octanol–water partition coefficient (Wildman–Crippen LogP) is 0.951. The maximum Gasteiger partial charge on any atom is 0.269 e. The number of carbonyl (C=O) groups is 3. The van der Waals surface area contributed by atoms with Crippen LogP contribution in [-0.2, 0) is 16.1 Å². The lowest BCUT2D eigenvalue weighted by molar-refractivity contribution is -0.139. The number of hydrogen-bond donors (Lipinski definition) is 3. The molecule has 1 unspecified atom stereocenters. The third-order valence-electron chi connectivity index (χ3n) is 7.12. The largest absolute Gasteiger partial charge is 0.391 e. The van der Waals surface area contributed by atoms with Gasteiger partial charge in [-0.25, -0.2) is 4.39 Å². The first-order chi connectivity index (χ1) is 17.8. The second-order valence-corrected chi connectivity index (χ2v) is 9.60. The fraction of sp³-hybridized carbons (Fsp3) is 0.440. The Morgan fingerprint density at radius 2 is 1.95 bits per heavy atom. The zero-order valence-corrected chi connectivity index (χ0v) is 20.1. The van der Waals surface area contributed by atoms with Gasteiger partial charge in [-0.2, -0.15) is 15.3 Å². The average Bonchev–Trinajstić information content (AvgIpc) is 3.46. The molecule has 0 bridgehead atoms. The van der Waals surface area contributed by atoms with E-state index in [0.29, 0.717) is 23.7 Å². The second-order valence-electron chi connectivity index (χ2n) is 9.60. The topological polar surface area (TPSA) is 156 Å². The lowest BCUT2D eigenvalue weighted by atomic mass is 9.92. The van der Waals surface area contributed by atoms with E-state index < -0.39 is 42.1 Å². The summed E-state index contributed by atoms with van der Waals surface area (Å²) in [6, 6.07) is 5.62. The number of hydrogen-bond acceptors (Lipinski definition) is 7. The Morgan fingerprint density at radius 3 is 2.68 bits per heavy atom. The number of carbonyl (C=O) groups excluding carboxylic acids is 3. The van der Waals surface area contributed by atoms with Crippen molar-refractivity contribution in [3.8, 4) is 11.1 Å². The Bertz CT molecular complexity index is 1330. The molecule has 2 aromatic heterocycles. The molecule has 194 valence electrons. The van der Waals surface area contributed by atoms with Crippen LogP contribution in [0, 0.1) is 0 Å². The van der Waals surface area contributed by atoms with Crippen LogP contribution in [0.25, 0.3) is 22.0 Å². The number of aliphatic hydroxyl groups excluding tert-OH is 1. The molecule has 1 saturated carbocycles. The van der Waals surface area contributed by atoms with Crippen molar-refractivity contribution in [3.05, 3.63) is 42.4 Å². The summed E-state index contributed by atoms with van der Waals surface area (Å²) in [5, 5.41) is 25.4. The molecule has 37 heavy (non-hydrogen) atoms. The van der Waals surface area contributed by atoms with Crippen molar-refractivity contribution in [2.75, 3.05) is 6.54 Å². The first-order valence-corrected chi connectivity index (χ1v) is 12.3. The summed E-state index contributed by atoms with van der Waals surface area (Å²) in [6.07, 6.45) is 4.02. The minimum atomic E-state index is -1.34. The number of halogens is 1. The minimum Gasteiger partial charge on any atom is -0.391 e. The molecule has 3 amide bonds. The zero-order valence-electron chi connectivity index (χ0n) is 20.1. The van der Waals surface area contributed by atoms with Gasteiger partial charge in [-0.05, 0) is 36.6 Å². The maximum absolute atomic E-state index is 14.4. The lowest BCUT2D eigenvalue weighted by Crippen LogP contribution is -2.53. The number of rotatable bonds is 6. The Labute approximate surface area is 211 Å². The van der Waals surface area contributed by atoms with Gasteiger partial charge in [-0.15, -0.1) is 0 Å². The Balaban J connectivity index is 1.38. The fourth-order valence-electron chi connectivity index (χ4n) is 5.21. The predicted molar refractivity (Wildman–Crippen MR) is 131 cm³/mol. The van der Waals surface area contributed by atoms with E-state index in [0.717, 1.165) is 24.0 Å². The van der Waals surface area contributed by atoms with Crippen LogP contribution in [0.1, 0.15) is 42.6 Å². The van der Waals surface area contributed by atoms with Crippen molar-refractivity contribution in [3.63, 3.8) is 0 Å². The van der Waals surface area contributed by atoms with Gasteiger partial charge in [-0.3, -0.25) is 19.1 Å². The summed E-state index contributed by atoms with van der Waals surface area (Å²) in [7, 11) is 0. The Kier molecular flexibility index (Phi) is 6.83. The highest BCUT2D eigenvalue weighted by Gasteiger charge is 2.41. The molecule has 11 nitrogen and oxygen atoms in total. The Morgan fingerprint density at radius 1 is 1.14 bits per heavy atom. The number of nitrogens with two attached hydrogens (primary N) is 1. The van der Waals surface area contributed by atoms with E-state index in [4.69, 9.17) is 5.73 Å². The molecule has 2 aliphatic rings. The van der Waals surface area contributed by atoms with Gasteiger partial charge in [0.15, 0.2) is 5.69 Å². The highest BCUT2D eigenvalue weighted by Crippen LogP contribution is 2.27. The number of nitrogens with one attached hydrogen (secondary N) is 1. The molecule has 3 heterocycles. The second kappa shape index (κ2) is 10.2. The van der Waals surface area contributed by atoms with Crippen LogP contribution in [0.4, 0.5) is 4.39 Å². The summed E-state index contributed by atoms with van der Waals surface area (Å²) in [6.45, 7) is -0.520. The maximum atomic E-state index is 14.4. The third-order valence-corrected chi connectivity index (χ3v) is 7.12. The quantitative estimate of drug-likeness (QED) is 0.447. The summed E-state index contributed by atoms with van der Waals surface area (Å²) in [5.74, 6) is -1.74. The van der Waals surface area contributed by atoms with Crippen molar-refractivity contribution in [2.24, 2.45) is 5.73 Å². The van der Waals surface area contributed by atoms with Crippen LogP contribution in [0.5, 0.6) is 0 Å². The van der Waals surface area contributed by atoms with Gasteiger partial charge < -0.3 is 21.1 Å². The third kappa shape index (κ3) is 5.01. The molecule has 3 aromatic rings. The number of amides is 3. The molecule has 1 aliphatic carbocycles. The van der Waals surface area contributed by atoms with Crippen molar-refractivity contribution in [1.82, 2.24) is 30.2 Å². The number of fused-ring (bicyclic) bond motifs is 1. The number of alkyl halides is 1. The van der Waals surface area contributed by atoms with Crippen LogP contribution in [0.2, 0.25) is 0 Å². The van der Waals surface area contributed by atoms with Gasteiger partial charge in [0, 0.05) is 17.4 Å².